The van der Waals surface area contributed by atoms with Gasteiger partial charge >= 0.3 is 0 Å². The van der Waals surface area contributed by atoms with Crippen molar-refractivity contribution in [3.8, 4) is 11.5 Å². The molecule has 0 fully saturated rings. The number of benzene rings is 1. The molecule has 0 radical (unpaired) electrons. The van der Waals surface area contributed by atoms with Crippen molar-refractivity contribution in [2.45, 2.75) is 11.2 Å². The van der Waals surface area contributed by atoms with Gasteiger partial charge in [0.25, 0.3) is 5.95 Å². The van der Waals surface area contributed by atoms with Gasteiger partial charge in [-0.1, -0.05) is 39.3 Å². The Morgan fingerprint density at radius 1 is 1.35 bits per heavy atom. The van der Waals surface area contributed by atoms with E-state index in [-0.39, 0.29) is 10.9 Å². The predicted molar refractivity (Wildman–Crippen MR) is 92.9 cm³/mol. The average Bonchev–Trinajstić information content (AvgIpc) is 2.50. The molecule has 2 aromatic rings. The van der Waals surface area contributed by atoms with Gasteiger partial charge in [-0.25, -0.2) is 4.98 Å². The van der Waals surface area contributed by atoms with Crippen LogP contribution in [0, 0.1) is 5.95 Å². The van der Waals surface area contributed by atoms with Gasteiger partial charge in [-0.05, 0) is 30.7 Å². The molecule has 2 aliphatic rings. The van der Waals surface area contributed by atoms with Crippen molar-refractivity contribution in [1.29, 1.82) is 0 Å². The monoisotopic (exact) mass is 413 g/mol. The third-order valence-corrected chi connectivity index (χ3v) is 5.95. The summed E-state index contributed by atoms with van der Waals surface area (Å²) in [4.78, 5) is 7.92. The van der Waals surface area contributed by atoms with Gasteiger partial charge in [0.2, 0.25) is 0 Å². The summed E-state index contributed by atoms with van der Waals surface area (Å²) in [5, 5.41) is 0.549. The van der Waals surface area contributed by atoms with Gasteiger partial charge in [-0.2, -0.15) is 4.39 Å². The Hall–Kier alpha value is -1.31. The highest BCUT2D eigenvalue weighted by Gasteiger charge is 2.46. The van der Waals surface area contributed by atoms with E-state index in [1.165, 1.54) is 11.8 Å². The van der Waals surface area contributed by atoms with Crippen LogP contribution < -0.4 is 10.5 Å². The quantitative estimate of drug-likeness (QED) is 0.648. The summed E-state index contributed by atoms with van der Waals surface area (Å²) < 4.78 is 20.4. The minimum absolute atomic E-state index is 0.0874. The summed E-state index contributed by atoms with van der Waals surface area (Å²) in [6.45, 7) is 0.547. The zero-order chi connectivity index (χ0) is 16.2. The first-order chi connectivity index (χ1) is 11.0. The number of fused-ring (bicyclic) bond motifs is 4. The van der Waals surface area contributed by atoms with Gasteiger partial charge in [-0.15, -0.1) is 0 Å². The molecule has 0 bridgehead atoms. The molecule has 1 atom stereocenters. The van der Waals surface area contributed by atoms with Crippen LogP contribution in [0.25, 0.3) is 0 Å². The highest BCUT2D eigenvalue weighted by Crippen LogP contribution is 2.58. The number of aliphatic imine (C=N–C) groups is 1. The molecule has 2 N–H and O–H groups in total. The molecule has 8 heteroatoms. The normalized spacial score (nSPS) is 22.1. The molecule has 2 aliphatic heterocycles. The molecule has 0 saturated heterocycles. The number of nitrogens with two attached hydrogens (primary N) is 1. The van der Waals surface area contributed by atoms with E-state index in [0.717, 1.165) is 10.0 Å². The second-order valence-corrected chi connectivity index (χ2v) is 7.88. The van der Waals surface area contributed by atoms with E-state index in [4.69, 9.17) is 22.1 Å². The summed E-state index contributed by atoms with van der Waals surface area (Å²) in [7, 11) is 0. The van der Waals surface area contributed by atoms with Crippen LogP contribution in [0.15, 0.2) is 33.7 Å². The lowest BCUT2D eigenvalue weighted by Crippen LogP contribution is -2.35. The number of hydrogen-bond acceptors (Lipinski definition) is 5. The number of thioether (sulfide) groups is 1. The molecule has 118 valence electrons. The van der Waals surface area contributed by atoms with Gasteiger partial charge in [0.05, 0.1) is 4.75 Å². The van der Waals surface area contributed by atoms with Crippen LogP contribution in [0.1, 0.15) is 17.5 Å². The number of amidine groups is 1. The third kappa shape index (κ3) is 2.33. The first kappa shape index (κ1) is 15.2. The molecule has 23 heavy (non-hydrogen) atoms. The molecule has 0 saturated carbocycles. The number of nitrogens with zero attached hydrogens (tertiary/aromatic N) is 2. The number of aromatic nitrogens is 1. The second-order valence-electron chi connectivity index (χ2n) is 5.25. The average molecular weight is 415 g/mol. The molecule has 1 aromatic heterocycles. The summed E-state index contributed by atoms with van der Waals surface area (Å²) >= 11 is 10.9. The molecule has 1 aromatic carbocycles. The van der Waals surface area contributed by atoms with Crippen molar-refractivity contribution >= 4 is 44.5 Å². The fourth-order valence-electron chi connectivity index (χ4n) is 3.00. The van der Waals surface area contributed by atoms with Gasteiger partial charge < -0.3 is 10.5 Å². The van der Waals surface area contributed by atoms with E-state index in [1.807, 2.05) is 12.1 Å². The van der Waals surface area contributed by atoms with Crippen LogP contribution in [0.4, 0.5) is 4.39 Å². The van der Waals surface area contributed by atoms with Crippen LogP contribution in [0.5, 0.6) is 11.5 Å². The Morgan fingerprint density at radius 2 is 2.17 bits per heavy atom. The van der Waals surface area contributed by atoms with E-state index in [2.05, 4.69) is 25.9 Å². The molecule has 4 nitrogen and oxygen atoms in total. The summed E-state index contributed by atoms with van der Waals surface area (Å²) in [6.07, 6.45) is 0.665. The van der Waals surface area contributed by atoms with E-state index < -0.39 is 10.7 Å². The summed E-state index contributed by atoms with van der Waals surface area (Å²) in [5.41, 5.74) is 7.55. The second kappa shape index (κ2) is 5.36. The first-order valence-corrected chi connectivity index (χ1v) is 8.82. The standard InChI is InChI=1S/C15H10BrClFN3OS/c16-7-1-2-10-8(5-7)15(3-4-20-14(19)23-15)9-6-11(17)21-13(18)12(9)22-10/h1-2,5-6H,3-4H2,(H2,19,20)/t15-/m0/s1. The molecule has 3 heterocycles. The van der Waals surface area contributed by atoms with E-state index in [1.54, 1.807) is 12.1 Å². The lowest BCUT2D eigenvalue weighted by molar-refractivity contribution is 0.391. The van der Waals surface area contributed by atoms with Crippen molar-refractivity contribution in [3.05, 3.63) is 51.0 Å². The maximum absolute atomic E-state index is 14.3. The predicted octanol–water partition coefficient (Wildman–Crippen LogP) is 4.44. The number of hydrogen-bond donors (Lipinski definition) is 1. The van der Waals surface area contributed by atoms with Crippen LogP contribution >= 0.6 is 39.3 Å². The minimum Gasteiger partial charge on any atom is -0.452 e. The van der Waals surface area contributed by atoms with Gasteiger partial charge in [0.1, 0.15) is 10.9 Å². The Labute approximate surface area is 149 Å². The highest BCUT2D eigenvalue weighted by molar-refractivity contribution is 9.10. The van der Waals surface area contributed by atoms with E-state index in [0.29, 0.717) is 29.4 Å². The SMILES string of the molecule is NC1=NCC[C@]2(S1)c1cc(Br)ccc1Oc1c2cc(Cl)nc1F. The minimum atomic E-state index is -0.720. The van der Waals surface area contributed by atoms with Gasteiger partial charge in [0.15, 0.2) is 10.9 Å². The fraction of sp³-hybridized carbons (Fsp3) is 0.200. The maximum Gasteiger partial charge on any atom is 0.257 e. The van der Waals surface area contributed by atoms with Crippen molar-refractivity contribution in [3.63, 3.8) is 0 Å². The molecule has 0 unspecified atom stereocenters. The highest BCUT2D eigenvalue weighted by atomic mass is 79.9. The van der Waals surface area contributed by atoms with Crippen LogP contribution in [-0.4, -0.2) is 16.7 Å². The molecular formula is C15H10BrClFN3OS. The topological polar surface area (TPSA) is 60.5 Å². The molecular weight excluding hydrogens is 405 g/mol. The van der Waals surface area contributed by atoms with Crippen LogP contribution in [-0.2, 0) is 4.75 Å². The fourth-order valence-corrected chi connectivity index (χ4v) is 4.78. The molecule has 0 aliphatic carbocycles. The lowest BCUT2D eigenvalue weighted by atomic mass is 9.85. The van der Waals surface area contributed by atoms with Crippen molar-refractivity contribution < 1.29 is 9.13 Å². The Balaban J connectivity index is 2.04. The number of halogens is 3. The van der Waals surface area contributed by atoms with Gasteiger partial charge in [0, 0.05) is 22.1 Å². The zero-order valence-corrected chi connectivity index (χ0v) is 14.8. The molecule has 4 rings (SSSR count). The first-order valence-electron chi connectivity index (χ1n) is 6.83. The Morgan fingerprint density at radius 3 is 2.96 bits per heavy atom. The van der Waals surface area contributed by atoms with Gasteiger partial charge in [-0.3, -0.25) is 4.99 Å². The number of pyridine rings is 1. The molecule has 0 amide bonds. The Kier molecular flexibility index (Phi) is 3.55. The number of rotatable bonds is 0. The number of ether oxygens (including phenoxy) is 1. The Bertz CT molecular complexity index is 863. The van der Waals surface area contributed by atoms with Crippen molar-refractivity contribution in [1.82, 2.24) is 4.98 Å². The van der Waals surface area contributed by atoms with E-state index in [9.17, 15) is 4.39 Å². The smallest absolute Gasteiger partial charge is 0.257 e. The van der Waals surface area contributed by atoms with Crippen molar-refractivity contribution in [2.24, 2.45) is 10.7 Å². The van der Waals surface area contributed by atoms with Crippen LogP contribution in [0.3, 0.4) is 0 Å². The van der Waals surface area contributed by atoms with Crippen LogP contribution in [0.2, 0.25) is 5.15 Å². The maximum atomic E-state index is 14.3. The largest absolute Gasteiger partial charge is 0.452 e. The summed E-state index contributed by atoms with van der Waals surface area (Å²) in [6, 6.07) is 7.27. The van der Waals surface area contributed by atoms with Crippen molar-refractivity contribution in [2.75, 3.05) is 6.54 Å². The summed E-state index contributed by atoms with van der Waals surface area (Å²) in [5.74, 6) is -0.0283. The third-order valence-electron chi connectivity index (χ3n) is 3.93. The van der Waals surface area contributed by atoms with E-state index >= 15 is 0 Å². The zero-order valence-electron chi connectivity index (χ0n) is 11.6. The lowest BCUT2D eigenvalue weighted by Gasteiger charge is -2.40. The molecule has 1 spiro atoms.